The second-order valence-electron chi connectivity index (χ2n) is 6.73. The van der Waals surface area contributed by atoms with Crippen LogP contribution in [0.2, 0.25) is 0 Å². The minimum atomic E-state index is -0.802. The lowest BCUT2D eigenvalue weighted by Crippen LogP contribution is -2.30. The molecule has 0 saturated carbocycles. The number of hydrogen-bond acceptors (Lipinski definition) is 7. The lowest BCUT2D eigenvalue weighted by atomic mass is 10.0. The lowest BCUT2D eigenvalue weighted by Gasteiger charge is -2.15. The maximum absolute atomic E-state index is 12.8. The fourth-order valence-corrected chi connectivity index (χ4v) is 3.94. The van der Waals surface area contributed by atoms with Gasteiger partial charge in [-0.3, -0.25) is 4.79 Å². The third-order valence-electron chi connectivity index (χ3n) is 4.63. The monoisotopic (exact) mass is 455 g/mol. The summed E-state index contributed by atoms with van der Waals surface area (Å²) in [6.07, 6.45) is -0.802. The fourth-order valence-electron chi connectivity index (χ4n) is 2.98. The first-order chi connectivity index (χ1) is 15.5. The van der Waals surface area contributed by atoms with Crippen LogP contribution in [0.1, 0.15) is 24.2 Å². The van der Waals surface area contributed by atoms with Crippen molar-refractivity contribution in [2.45, 2.75) is 20.0 Å². The Morgan fingerprint density at radius 3 is 2.34 bits per heavy atom. The predicted molar refractivity (Wildman–Crippen MR) is 124 cm³/mol. The zero-order chi connectivity index (χ0) is 23.1. The van der Waals surface area contributed by atoms with Gasteiger partial charge < -0.3 is 24.3 Å². The molecule has 0 spiro atoms. The van der Waals surface area contributed by atoms with Crippen molar-refractivity contribution in [3.8, 4) is 28.4 Å². The minimum Gasteiger partial charge on any atom is -0.497 e. The van der Waals surface area contributed by atoms with Gasteiger partial charge in [0.15, 0.2) is 6.10 Å². The largest absolute Gasteiger partial charge is 0.497 e. The molecule has 1 heterocycles. The highest BCUT2D eigenvalue weighted by Crippen LogP contribution is 2.37. The maximum Gasteiger partial charge on any atom is 0.341 e. The van der Waals surface area contributed by atoms with Crippen molar-refractivity contribution in [1.82, 2.24) is 0 Å². The van der Waals surface area contributed by atoms with Crippen LogP contribution < -0.4 is 19.5 Å². The number of hydrogen-bond donors (Lipinski definition) is 1. The Hall–Kier alpha value is -3.52. The van der Waals surface area contributed by atoms with Crippen LogP contribution in [0, 0.1) is 0 Å². The van der Waals surface area contributed by atoms with Gasteiger partial charge in [0, 0.05) is 17.0 Å². The summed E-state index contributed by atoms with van der Waals surface area (Å²) in [4.78, 5) is 25.5. The van der Waals surface area contributed by atoms with Crippen molar-refractivity contribution in [1.29, 1.82) is 0 Å². The van der Waals surface area contributed by atoms with E-state index in [1.807, 2.05) is 29.6 Å². The number of carbonyl (C=O) groups is 2. The second-order valence-corrected chi connectivity index (χ2v) is 7.61. The van der Waals surface area contributed by atoms with Crippen LogP contribution in [0.5, 0.6) is 17.2 Å². The highest BCUT2D eigenvalue weighted by atomic mass is 32.1. The second kappa shape index (κ2) is 10.7. The zero-order valence-corrected chi connectivity index (χ0v) is 19.2. The van der Waals surface area contributed by atoms with Gasteiger partial charge in [0.2, 0.25) is 0 Å². The molecule has 0 aliphatic carbocycles. The molecule has 168 valence electrons. The summed E-state index contributed by atoms with van der Waals surface area (Å²) in [6, 6.07) is 14.3. The summed E-state index contributed by atoms with van der Waals surface area (Å²) in [6.45, 7) is 3.59. The Bertz CT molecular complexity index is 1080. The summed E-state index contributed by atoms with van der Waals surface area (Å²) >= 11 is 1.25. The maximum atomic E-state index is 12.8. The zero-order valence-electron chi connectivity index (χ0n) is 18.3. The fraction of sp³-hybridized carbons (Fsp3) is 0.250. The normalized spacial score (nSPS) is 11.4. The molecule has 2 aromatic carbocycles. The summed E-state index contributed by atoms with van der Waals surface area (Å²) in [5.41, 5.74) is 1.79. The third-order valence-corrected chi connectivity index (χ3v) is 5.53. The van der Waals surface area contributed by atoms with Crippen molar-refractivity contribution in [2.24, 2.45) is 0 Å². The number of nitrogens with one attached hydrogen (secondary N) is 1. The smallest absolute Gasteiger partial charge is 0.341 e. The Morgan fingerprint density at radius 2 is 1.69 bits per heavy atom. The molecule has 8 heteroatoms. The molecule has 0 aliphatic rings. The van der Waals surface area contributed by atoms with Crippen LogP contribution in [0.3, 0.4) is 0 Å². The van der Waals surface area contributed by atoms with Gasteiger partial charge in [-0.05, 0) is 43.7 Å². The van der Waals surface area contributed by atoms with Crippen LogP contribution in [0.25, 0.3) is 11.1 Å². The molecular weight excluding hydrogens is 430 g/mol. The van der Waals surface area contributed by atoms with Gasteiger partial charge in [0.1, 0.15) is 27.8 Å². The van der Waals surface area contributed by atoms with E-state index in [2.05, 4.69) is 5.32 Å². The SMILES string of the molecule is CCOC(=O)c1c(-c2ccc(OC)cc2)csc1NC(=O)C(C)Oc1cccc(OC)c1. The number of ether oxygens (including phenoxy) is 4. The highest BCUT2D eigenvalue weighted by molar-refractivity contribution is 7.15. The van der Waals surface area contributed by atoms with Gasteiger partial charge in [-0.2, -0.15) is 0 Å². The first kappa shape index (κ1) is 23.1. The number of benzene rings is 2. The summed E-state index contributed by atoms with van der Waals surface area (Å²) in [7, 11) is 3.15. The number of thiophene rings is 1. The van der Waals surface area contributed by atoms with Gasteiger partial charge in [0.05, 0.1) is 20.8 Å². The number of carbonyl (C=O) groups excluding carboxylic acids is 2. The van der Waals surface area contributed by atoms with Crippen molar-refractivity contribution in [3.05, 3.63) is 59.5 Å². The molecule has 0 fully saturated rings. The topological polar surface area (TPSA) is 83.1 Å². The first-order valence-electron chi connectivity index (χ1n) is 10.0. The Morgan fingerprint density at radius 1 is 1.00 bits per heavy atom. The standard InChI is InChI=1S/C24H25NO6S/c1-5-30-24(27)21-20(16-9-11-17(28-3)12-10-16)14-32-23(21)25-22(26)15(2)31-19-8-6-7-18(13-19)29-4/h6-15H,5H2,1-4H3,(H,25,26). The number of methoxy groups -OCH3 is 2. The molecule has 1 aromatic heterocycles. The van der Waals surface area contributed by atoms with Crippen LogP contribution in [0.4, 0.5) is 5.00 Å². The summed E-state index contributed by atoms with van der Waals surface area (Å²) in [5, 5.41) is 5.03. The minimum absolute atomic E-state index is 0.222. The van der Waals surface area contributed by atoms with Crippen molar-refractivity contribution < 1.29 is 28.5 Å². The Balaban J connectivity index is 1.83. The Labute approximate surface area is 190 Å². The molecule has 1 atom stereocenters. The van der Waals surface area contributed by atoms with Gasteiger partial charge >= 0.3 is 5.97 Å². The van der Waals surface area contributed by atoms with Gasteiger partial charge in [-0.1, -0.05) is 18.2 Å². The van der Waals surface area contributed by atoms with Gasteiger partial charge in [0.25, 0.3) is 5.91 Å². The van der Waals surface area contributed by atoms with Crippen LogP contribution in [-0.4, -0.2) is 38.8 Å². The number of esters is 1. The van der Waals surface area contributed by atoms with Crippen molar-refractivity contribution in [3.63, 3.8) is 0 Å². The van der Waals surface area contributed by atoms with E-state index in [9.17, 15) is 9.59 Å². The summed E-state index contributed by atoms with van der Waals surface area (Å²) in [5.74, 6) is 0.946. The number of rotatable bonds is 9. The van der Waals surface area contributed by atoms with E-state index in [0.29, 0.717) is 33.4 Å². The molecule has 0 bridgehead atoms. The molecule has 32 heavy (non-hydrogen) atoms. The van der Waals surface area contributed by atoms with Crippen LogP contribution in [-0.2, 0) is 9.53 Å². The van der Waals surface area contributed by atoms with Gasteiger partial charge in [-0.25, -0.2) is 4.79 Å². The molecule has 0 aliphatic heterocycles. The first-order valence-corrected chi connectivity index (χ1v) is 10.9. The molecule has 1 unspecified atom stereocenters. The molecule has 1 amide bonds. The van der Waals surface area contributed by atoms with Crippen molar-refractivity contribution >= 4 is 28.2 Å². The molecule has 7 nitrogen and oxygen atoms in total. The van der Waals surface area contributed by atoms with Crippen LogP contribution >= 0.6 is 11.3 Å². The van der Waals surface area contributed by atoms with E-state index < -0.39 is 12.1 Å². The van der Waals surface area contributed by atoms with E-state index in [0.717, 1.165) is 5.56 Å². The van der Waals surface area contributed by atoms with Gasteiger partial charge in [-0.15, -0.1) is 11.3 Å². The van der Waals surface area contributed by atoms with E-state index in [4.69, 9.17) is 18.9 Å². The third kappa shape index (κ3) is 5.39. The molecule has 0 saturated heterocycles. The van der Waals surface area contributed by atoms with Crippen molar-refractivity contribution in [2.75, 3.05) is 26.1 Å². The quantitative estimate of drug-likeness (QED) is 0.457. The molecule has 1 N–H and O–H groups in total. The average Bonchev–Trinajstić information content (AvgIpc) is 3.22. The van der Waals surface area contributed by atoms with E-state index in [1.165, 1.54) is 11.3 Å². The molecule has 3 rings (SSSR count). The van der Waals surface area contributed by atoms with E-state index >= 15 is 0 Å². The number of amides is 1. The van der Waals surface area contributed by atoms with Crippen LogP contribution in [0.15, 0.2) is 53.9 Å². The Kier molecular flexibility index (Phi) is 7.72. The molecule has 0 radical (unpaired) electrons. The average molecular weight is 456 g/mol. The summed E-state index contributed by atoms with van der Waals surface area (Å²) < 4.78 is 21.4. The highest BCUT2D eigenvalue weighted by Gasteiger charge is 2.25. The number of anilines is 1. The predicted octanol–water partition coefficient (Wildman–Crippen LogP) is 5.02. The van der Waals surface area contributed by atoms with E-state index in [1.54, 1.807) is 52.3 Å². The molecular formula is C24H25NO6S. The van der Waals surface area contributed by atoms with E-state index in [-0.39, 0.29) is 12.5 Å². The lowest BCUT2D eigenvalue weighted by molar-refractivity contribution is -0.122. The molecule has 3 aromatic rings.